The van der Waals surface area contributed by atoms with Gasteiger partial charge in [0.15, 0.2) is 11.8 Å². The number of guanidine groups is 1. The van der Waals surface area contributed by atoms with Crippen molar-refractivity contribution in [3.8, 4) is 0 Å². The number of carbonyl (C=O) groups excluding carboxylic acids is 1. The van der Waals surface area contributed by atoms with E-state index in [2.05, 4.69) is 30.0 Å². The van der Waals surface area contributed by atoms with Crippen LogP contribution in [0.5, 0.6) is 0 Å². The van der Waals surface area contributed by atoms with Gasteiger partial charge in [0.2, 0.25) is 0 Å². The fraction of sp³-hybridized carbons (Fsp3) is 0.826. The second-order valence-corrected chi connectivity index (χ2v) is 10.3. The van der Waals surface area contributed by atoms with Gasteiger partial charge in [0.05, 0.1) is 6.54 Å². The van der Waals surface area contributed by atoms with Crippen LogP contribution in [0.15, 0.2) is 4.99 Å². The monoisotopic (exact) mass is 573 g/mol. The van der Waals surface area contributed by atoms with Crippen LogP contribution < -0.4 is 5.32 Å². The Labute approximate surface area is 214 Å². The number of carbonyl (C=O) groups is 1. The van der Waals surface area contributed by atoms with Crippen molar-refractivity contribution in [3.63, 3.8) is 0 Å². The molecule has 3 aliphatic rings. The lowest BCUT2D eigenvalue weighted by Crippen LogP contribution is -2.52. The smallest absolute Gasteiger partial charge is 0.410 e. The van der Waals surface area contributed by atoms with Crippen molar-refractivity contribution >= 4 is 36.0 Å². The van der Waals surface area contributed by atoms with Crippen molar-refractivity contribution in [1.29, 1.82) is 0 Å². The Hall–Kier alpha value is -1.59. The highest BCUT2D eigenvalue weighted by molar-refractivity contribution is 14.0. The summed E-state index contributed by atoms with van der Waals surface area (Å²) in [6, 6.07) is 0.225. The number of nitrogens with zero attached hydrogens (tertiary/aromatic N) is 6. The van der Waals surface area contributed by atoms with E-state index >= 15 is 0 Å². The number of amides is 1. The molecule has 0 atom stereocenters. The molecule has 1 aromatic heterocycles. The van der Waals surface area contributed by atoms with E-state index in [9.17, 15) is 4.79 Å². The van der Waals surface area contributed by atoms with E-state index in [-0.39, 0.29) is 36.1 Å². The maximum Gasteiger partial charge on any atom is 0.410 e. The minimum atomic E-state index is -0.466. The van der Waals surface area contributed by atoms with Crippen molar-refractivity contribution in [2.45, 2.75) is 90.4 Å². The maximum absolute atomic E-state index is 12.9. The second kappa shape index (κ2) is 11.2. The summed E-state index contributed by atoms with van der Waals surface area (Å²) < 4.78 is 7.97. The lowest BCUT2D eigenvalue weighted by molar-refractivity contribution is 0.00928. The molecular weight excluding hydrogens is 533 g/mol. The molecule has 186 valence electrons. The number of aromatic nitrogens is 3. The van der Waals surface area contributed by atoms with Crippen molar-refractivity contribution in [1.82, 2.24) is 29.9 Å². The number of fused-ring (bicyclic) bond motifs is 1. The first-order chi connectivity index (χ1) is 15.3. The Kier molecular flexibility index (Phi) is 8.85. The minimum Gasteiger partial charge on any atom is -0.444 e. The fourth-order valence-corrected chi connectivity index (χ4v) is 4.65. The van der Waals surface area contributed by atoms with Crippen molar-refractivity contribution in [3.05, 3.63) is 11.6 Å². The van der Waals surface area contributed by atoms with Gasteiger partial charge in [0, 0.05) is 45.7 Å². The molecule has 1 aliphatic carbocycles. The number of rotatable bonds is 5. The van der Waals surface area contributed by atoms with Crippen LogP contribution in [0.1, 0.15) is 70.9 Å². The quantitative estimate of drug-likeness (QED) is 0.330. The number of hydrogen-bond acceptors (Lipinski definition) is 5. The molecule has 1 saturated heterocycles. The molecule has 0 bridgehead atoms. The van der Waals surface area contributed by atoms with Crippen molar-refractivity contribution in [2.24, 2.45) is 10.9 Å². The lowest BCUT2D eigenvalue weighted by atomic mass is 10.0. The summed E-state index contributed by atoms with van der Waals surface area (Å²) in [6.07, 6.45) is 7.53. The van der Waals surface area contributed by atoms with Gasteiger partial charge in [0.25, 0.3) is 0 Å². The topological polar surface area (TPSA) is 87.9 Å². The summed E-state index contributed by atoms with van der Waals surface area (Å²) in [4.78, 5) is 21.7. The molecule has 2 fully saturated rings. The maximum atomic E-state index is 12.9. The Morgan fingerprint density at radius 2 is 1.88 bits per heavy atom. The predicted octanol–water partition coefficient (Wildman–Crippen LogP) is 3.42. The third-order valence-electron chi connectivity index (χ3n) is 6.54. The Bertz CT molecular complexity index is 823. The van der Waals surface area contributed by atoms with Gasteiger partial charge in [-0.3, -0.25) is 4.99 Å². The van der Waals surface area contributed by atoms with Gasteiger partial charge >= 0.3 is 6.09 Å². The van der Waals surface area contributed by atoms with Gasteiger partial charge in [-0.15, -0.1) is 34.2 Å². The number of nitrogens with one attached hydrogen (secondary N) is 1. The Balaban J connectivity index is 0.00000306. The number of hydrogen-bond donors (Lipinski definition) is 1. The van der Waals surface area contributed by atoms with Gasteiger partial charge < -0.3 is 24.4 Å². The summed E-state index contributed by atoms with van der Waals surface area (Å²) in [5.41, 5.74) is -0.466. The molecule has 0 aromatic carbocycles. The molecule has 3 heterocycles. The van der Waals surface area contributed by atoms with Crippen LogP contribution in [0, 0.1) is 5.92 Å². The summed E-state index contributed by atoms with van der Waals surface area (Å²) in [5.74, 6) is 3.62. The molecule has 0 spiro atoms. The molecule has 0 unspecified atom stereocenters. The molecule has 9 nitrogen and oxygen atoms in total. The van der Waals surface area contributed by atoms with E-state index in [0.717, 1.165) is 63.0 Å². The molecule has 1 N–H and O–H groups in total. The van der Waals surface area contributed by atoms with Crippen molar-refractivity contribution < 1.29 is 9.53 Å². The van der Waals surface area contributed by atoms with Gasteiger partial charge in [-0.1, -0.05) is 0 Å². The third-order valence-corrected chi connectivity index (χ3v) is 6.54. The van der Waals surface area contributed by atoms with Crippen LogP contribution in [0.3, 0.4) is 0 Å². The zero-order chi connectivity index (χ0) is 22.7. The minimum absolute atomic E-state index is 0. The summed E-state index contributed by atoms with van der Waals surface area (Å²) in [5, 5.41) is 12.2. The van der Waals surface area contributed by atoms with E-state index in [4.69, 9.17) is 4.74 Å². The molecule has 1 aromatic rings. The van der Waals surface area contributed by atoms with Gasteiger partial charge in [-0.05, 0) is 65.2 Å². The highest BCUT2D eigenvalue weighted by Crippen LogP contribution is 2.32. The van der Waals surface area contributed by atoms with E-state index < -0.39 is 5.60 Å². The highest BCUT2D eigenvalue weighted by Gasteiger charge is 2.35. The molecule has 1 amide bonds. The SMILES string of the molecule is CN=C(NCc1nnc2n1CCCC2)N1CCC(N(CC2CC2)C(=O)OC(C)(C)C)CC1.I. The second-order valence-electron chi connectivity index (χ2n) is 10.3. The van der Waals surface area contributed by atoms with E-state index in [1.54, 1.807) is 0 Å². The third kappa shape index (κ3) is 6.95. The number of piperidine rings is 1. The normalized spacial score (nSPS) is 19.5. The molecule has 2 aliphatic heterocycles. The Morgan fingerprint density at radius 1 is 1.15 bits per heavy atom. The molecule has 0 radical (unpaired) electrons. The first kappa shape index (κ1) is 26.0. The largest absolute Gasteiger partial charge is 0.444 e. The zero-order valence-electron chi connectivity index (χ0n) is 20.5. The van der Waals surface area contributed by atoms with E-state index in [1.807, 2.05) is 32.7 Å². The summed E-state index contributed by atoms with van der Waals surface area (Å²) in [6.45, 7) is 10.0. The molecule has 10 heteroatoms. The summed E-state index contributed by atoms with van der Waals surface area (Å²) in [7, 11) is 1.83. The Morgan fingerprint density at radius 3 is 2.52 bits per heavy atom. The van der Waals surface area contributed by atoms with E-state index in [0.29, 0.717) is 12.5 Å². The predicted molar refractivity (Wildman–Crippen MR) is 139 cm³/mol. The van der Waals surface area contributed by atoms with Crippen LogP contribution in [0.25, 0.3) is 0 Å². The van der Waals surface area contributed by atoms with Gasteiger partial charge in [0.1, 0.15) is 11.4 Å². The lowest BCUT2D eigenvalue weighted by Gasteiger charge is -2.40. The van der Waals surface area contributed by atoms with Crippen LogP contribution in [0.4, 0.5) is 4.79 Å². The fourth-order valence-electron chi connectivity index (χ4n) is 4.65. The van der Waals surface area contributed by atoms with Crippen LogP contribution in [-0.4, -0.2) is 74.9 Å². The highest BCUT2D eigenvalue weighted by atomic mass is 127. The van der Waals surface area contributed by atoms with Gasteiger partial charge in [-0.2, -0.15) is 0 Å². The summed E-state index contributed by atoms with van der Waals surface area (Å²) >= 11 is 0. The average molecular weight is 574 g/mol. The standard InChI is InChI=1S/C23H39N7O2.HI/c1-23(2,3)32-22(31)30(16-17-8-9-17)18-10-13-28(14-11-18)21(24-4)25-15-20-27-26-19-7-5-6-12-29(19)20;/h17-18H,5-16H2,1-4H3,(H,24,25);1H. The average Bonchev–Trinajstić information content (AvgIpc) is 3.50. The van der Waals surface area contributed by atoms with Crippen LogP contribution in [0.2, 0.25) is 0 Å². The van der Waals surface area contributed by atoms with E-state index in [1.165, 1.54) is 25.7 Å². The van der Waals surface area contributed by atoms with Gasteiger partial charge in [-0.25, -0.2) is 4.79 Å². The number of ether oxygens (including phenoxy) is 1. The number of halogens is 1. The van der Waals surface area contributed by atoms with Crippen LogP contribution >= 0.6 is 24.0 Å². The first-order valence-corrected chi connectivity index (χ1v) is 12.2. The molecule has 1 saturated carbocycles. The number of aliphatic imine (C=N–C) groups is 1. The zero-order valence-corrected chi connectivity index (χ0v) is 22.9. The van der Waals surface area contributed by atoms with Crippen LogP contribution in [-0.2, 0) is 24.2 Å². The molecule has 33 heavy (non-hydrogen) atoms. The molecule has 4 rings (SSSR count). The molecular formula is C23H40IN7O2. The first-order valence-electron chi connectivity index (χ1n) is 12.2. The number of likely N-dealkylation sites (tertiary alicyclic amines) is 1. The van der Waals surface area contributed by atoms with Crippen molar-refractivity contribution in [2.75, 3.05) is 26.7 Å². The number of aryl methyl sites for hydroxylation is 1.